The normalized spacial score (nSPS) is 11.7. The van der Waals surface area contributed by atoms with Crippen molar-refractivity contribution in [1.29, 1.82) is 0 Å². The summed E-state index contributed by atoms with van der Waals surface area (Å²) in [4.78, 5) is 8.01. The predicted octanol–water partition coefficient (Wildman–Crippen LogP) is 10.7. The van der Waals surface area contributed by atoms with Gasteiger partial charge in [-0.1, -0.05) is 24.3 Å². The summed E-state index contributed by atoms with van der Waals surface area (Å²) in [5, 5.41) is 6.97. The van der Waals surface area contributed by atoms with Gasteiger partial charge in [-0.3, -0.25) is 0 Å². The van der Waals surface area contributed by atoms with Gasteiger partial charge in [0, 0.05) is 57.6 Å². The Morgan fingerprint density at radius 1 is 0.543 bits per heavy atom. The summed E-state index contributed by atoms with van der Waals surface area (Å²) in [6.45, 7) is 3.20. The zero-order valence-corrected chi connectivity index (χ0v) is 22.3. The topological polar surface area (TPSA) is 4.93 Å². The largest absolute Gasteiger partial charge is 0.341 e. The Hall–Kier alpha value is -2.96. The van der Waals surface area contributed by atoms with Crippen LogP contribution in [0.4, 0.5) is 0 Å². The van der Waals surface area contributed by atoms with Crippen LogP contribution in [0.5, 0.6) is 0 Å². The molecule has 7 rings (SSSR count). The highest BCUT2D eigenvalue weighted by atomic mass is 32.1. The van der Waals surface area contributed by atoms with Gasteiger partial charge < -0.3 is 4.57 Å². The summed E-state index contributed by atoms with van der Waals surface area (Å²) >= 11 is 7.36. The third kappa shape index (κ3) is 3.62. The van der Waals surface area contributed by atoms with E-state index in [0.717, 1.165) is 6.54 Å². The lowest BCUT2D eigenvalue weighted by molar-refractivity contribution is 0.827. The molecule has 7 aromatic rings. The van der Waals surface area contributed by atoms with Crippen LogP contribution in [-0.4, -0.2) is 4.57 Å². The highest BCUT2D eigenvalue weighted by Gasteiger charge is 2.14. The molecule has 170 valence electrons. The van der Waals surface area contributed by atoms with Gasteiger partial charge in [0.25, 0.3) is 0 Å². The van der Waals surface area contributed by atoms with E-state index in [1.54, 1.807) is 22.7 Å². The first kappa shape index (κ1) is 21.3. The average molecular weight is 524 g/mol. The molecule has 0 unspecified atom stereocenters. The van der Waals surface area contributed by atoms with E-state index in [0.29, 0.717) is 0 Å². The molecule has 5 aromatic heterocycles. The third-order valence-corrected chi connectivity index (χ3v) is 10.9. The fourth-order valence-electron chi connectivity index (χ4n) is 4.84. The Morgan fingerprint density at radius 3 is 1.46 bits per heavy atom. The van der Waals surface area contributed by atoms with Crippen molar-refractivity contribution in [3.8, 4) is 40.4 Å². The fraction of sp³-hybridized carbons (Fsp3) is 0.0667. The van der Waals surface area contributed by atoms with Gasteiger partial charge >= 0.3 is 0 Å². The number of thiophene rings is 4. The molecule has 0 N–H and O–H groups in total. The molecule has 1 nitrogen and oxygen atoms in total. The lowest BCUT2D eigenvalue weighted by Crippen LogP contribution is -1.92. The molecule has 0 aliphatic carbocycles. The minimum absolute atomic E-state index is 0.960. The second kappa shape index (κ2) is 8.61. The number of hydrogen-bond donors (Lipinski definition) is 0. The van der Waals surface area contributed by atoms with Crippen LogP contribution in [-0.2, 0) is 6.54 Å². The van der Waals surface area contributed by atoms with Gasteiger partial charge in [0.1, 0.15) is 0 Å². The highest BCUT2D eigenvalue weighted by molar-refractivity contribution is 7.23. The molecule has 0 radical (unpaired) electrons. The molecule has 0 aliphatic rings. The molecule has 35 heavy (non-hydrogen) atoms. The Morgan fingerprint density at radius 2 is 1.03 bits per heavy atom. The highest BCUT2D eigenvalue weighted by Crippen LogP contribution is 2.41. The van der Waals surface area contributed by atoms with Crippen molar-refractivity contribution >= 4 is 67.2 Å². The summed E-state index contributed by atoms with van der Waals surface area (Å²) in [5.41, 5.74) is 5.21. The number of nitrogens with zero attached hydrogens (tertiary/aromatic N) is 1. The minimum atomic E-state index is 0.960. The van der Waals surface area contributed by atoms with Crippen molar-refractivity contribution in [2.75, 3.05) is 0 Å². The van der Waals surface area contributed by atoms with Gasteiger partial charge in [0.2, 0.25) is 0 Å². The first-order valence-corrected chi connectivity index (χ1v) is 15.0. The Bertz CT molecular complexity index is 1650. The van der Waals surface area contributed by atoms with Crippen LogP contribution < -0.4 is 0 Å². The number of rotatable bonds is 5. The maximum absolute atomic E-state index is 2.44. The van der Waals surface area contributed by atoms with Crippen LogP contribution >= 0.6 is 45.3 Å². The molecule has 5 heteroatoms. The van der Waals surface area contributed by atoms with Gasteiger partial charge in [-0.15, -0.1) is 45.3 Å². The summed E-state index contributed by atoms with van der Waals surface area (Å²) in [6.07, 6.45) is 0. The second-order valence-corrected chi connectivity index (χ2v) is 12.6. The molecular formula is C30H21NS4. The standard InChI is InChI=1S/C30H21NS4/c1-2-31-23-9-7-19(25-11-13-29(34-25)27-5-3-15-32-27)17-21(23)22-18-20(8-10-24(22)31)26-12-14-30(35-26)28-6-4-16-33-28/h3-18H,2H2,1H3. The van der Waals surface area contributed by atoms with Crippen molar-refractivity contribution in [2.24, 2.45) is 0 Å². The Kier molecular flexibility index (Phi) is 5.25. The molecule has 0 saturated heterocycles. The van der Waals surface area contributed by atoms with Gasteiger partial charge in [0.05, 0.1) is 0 Å². The lowest BCUT2D eigenvalue weighted by Gasteiger charge is -2.04. The zero-order valence-electron chi connectivity index (χ0n) is 19.0. The van der Waals surface area contributed by atoms with E-state index in [-0.39, 0.29) is 0 Å². The van der Waals surface area contributed by atoms with Crippen LogP contribution in [0.3, 0.4) is 0 Å². The van der Waals surface area contributed by atoms with Crippen LogP contribution in [0.25, 0.3) is 62.2 Å². The van der Waals surface area contributed by atoms with Crippen molar-refractivity contribution in [3.05, 3.63) is 95.7 Å². The van der Waals surface area contributed by atoms with Gasteiger partial charge in [-0.05, 0) is 89.5 Å². The van der Waals surface area contributed by atoms with E-state index in [1.165, 1.54) is 62.2 Å². The Labute approximate surface area is 220 Å². The first-order valence-electron chi connectivity index (χ1n) is 11.6. The average Bonchev–Trinajstić information content (AvgIpc) is 3.73. The van der Waals surface area contributed by atoms with Crippen LogP contribution in [0.1, 0.15) is 6.92 Å². The molecule has 0 spiro atoms. The summed E-state index contributed by atoms with van der Waals surface area (Å²) in [7, 11) is 0. The fourth-order valence-corrected chi connectivity index (χ4v) is 8.51. The third-order valence-electron chi connectivity index (χ3n) is 6.49. The van der Waals surface area contributed by atoms with Gasteiger partial charge in [-0.25, -0.2) is 0 Å². The molecule has 0 bridgehead atoms. The van der Waals surface area contributed by atoms with Crippen molar-refractivity contribution in [3.63, 3.8) is 0 Å². The van der Waals surface area contributed by atoms with E-state index >= 15 is 0 Å². The molecule has 0 fully saturated rings. The van der Waals surface area contributed by atoms with Gasteiger partial charge in [0.15, 0.2) is 0 Å². The van der Waals surface area contributed by atoms with E-state index < -0.39 is 0 Å². The monoisotopic (exact) mass is 523 g/mol. The molecule has 0 aliphatic heterocycles. The van der Waals surface area contributed by atoms with E-state index in [9.17, 15) is 0 Å². The van der Waals surface area contributed by atoms with E-state index in [4.69, 9.17) is 0 Å². The minimum Gasteiger partial charge on any atom is -0.341 e. The summed E-state index contributed by atoms with van der Waals surface area (Å²) < 4.78 is 2.44. The summed E-state index contributed by atoms with van der Waals surface area (Å²) in [5.74, 6) is 0. The zero-order chi connectivity index (χ0) is 23.4. The maximum Gasteiger partial charge on any atom is 0.0491 e. The lowest BCUT2D eigenvalue weighted by atomic mass is 10.1. The van der Waals surface area contributed by atoms with Crippen LogP contribution in [0.2, 0.25) is 0 Å². The van der Waals surface area contributed by atoms with Crippen LogP contribution in [0.15, 0.2) is 95.7 Å². The van der Waals surface area contributed by atoms with E-state index in [2.05, 4.69) is 107 Å². The number of benzene rings is 2. The van der Waals surface area contributed by atoms with Crippen molar-refractivity contribution in [2.45, 2.75) is 13.5 Å². The first-order chi connectivity index (χ1) is 17.3. The quantitative estimate of drug-likeness (QED) is 0.211. The maximum atomic E-state index is 2.44. The van der Waals surface area contributed by atoms with Gasteiger partial charge in [-0.2, -0.15) is 0 Å². The Balaban J connectivity index is 1.35. The molecule has 5 heterocycles. The molecule has 0 atom stereocenters. The molecule has 2 aromatic carbocycles. The molecule has 0 saturated carbocycles. The molecule has 0 amide bonds. The van der Waals surface area contributed by atoms with Crippen molar-refractivity contribution < 1.29 is 0 Å². The SMILES string of the molecule is CCn1c2ccc(-c3ccc(-c4cccs4)s3)cc2c2cc(-c3ccc(-c4cccs4)s3)ccc21. The number of hydrogen-bond acceptors (Lipinski definition) is 4. The second-order valence-electron chi connectivity index (χ2n) is 8.49. The van der Waals surface area contributed by atoms with Crippen molar-refractivity contribution in [1.82, 2.24) is 4.57 Å². The number of fused-ring (bicyclic) bond motifs is 3. The smallest absolute Gasteiger partial charge is 0.0491 e. The molecular weight excluding hydrogens is 503 g/mol. The summed E-state index contributed by atoms with van der Waals surface area (Å²) in [6, 6.07) is 31.7. The predicted molar refractivity (Wildman–Crippen MR) is 158 cm³/mol. The van der Waals surface area contributed by atoms with Crippen LogP contribution in [0, 0.1) is 0 Å². The van der Waals surface area contributed by atoms with E-state index in [1.807, 2.05) is 22.7 Å². The number of aryl methyl sites for hydroxylation is 1. The number of aromatic nitrogens is 1.